The number of likely N-dealkylation sites (tertiary alicyclic amines) is 1. The van der Waals surface area contributed by atoms with Gasteiger partial charge in [-0.05, 0) is 37.3 Å². The number of nitriles is 1. The highest BCUT2D eigenvalue weighted by Gasteiger charge is 2.49. The van der Waals surface area contributed by atoms with Gasteiger partial charge in [0.2, 0.25) is 5.91 Å². The summed E-state index contributed by atoms with van der Waals surface area (Å²) in [5.41, 5.74) is -0.319. The number of hydrogen-bond acceptors (Lipinski definition) is 10. The van der Waals surface area contributed by atoms with E-state index in [1.165, 1.54) is 12.3 Å². The number of carbonyl (C=O) groups is 1. The molecule has 5 aliphatic rings. The fraction of sp³-hybridized carbons (Fsp3) is 0.475. The van der Waals surface area contributed by atoms with Crippen molar-refractivity contribution in [1.29, 1.82) is 5.26 Å². The van der Waals surface area contributed by atoms with Crippen molar-refractivity contribution in [3.63, 3.8) is 0 Å². The Kier molecular flexibility index (Phi) is 9.11. The van der Waals surface area contributed by atoms with Crippen LogP contribution in [0.15, 0.2) is 54.7 Å². The molecule has 1 amide bonds. The van der Waals surface area contributed by atoms with Gasteiger partial charge >= 0.3 is 6.01 Å². The molecule has 7 heterocycles. The number of alkyl halides is 1. The number of amides is 1. The number of pyridine rings is 1. The number of benzene rings is 2. The normalized spacial score (nSPS) is 27.1. The van der Waals surface area contributed by atoms with Crippen molar-refractivity contribution in [2.75, 3.05) is 63.9 Å². The van der Waals surface area contributed by atoms with Gasteiger partial charge in [-0.3, -0.25) is 19.6 Å². The summed E-state index contributed by atoms with van der Waals surface area (Å²) >= 11 is 0. The molecule has 5 atom stereocenters. The van der Waals surface area contributed by atoms with Crippen LogP contribution in [0.3, 0.4) is 0 Å². The zero-order valence-electron chi connectivity index (χ0n) is 29.8. The molecule has 11 nitrogen and oxygen atoms in total. The van der Waals surface area contributed by atoms with Gasteiger partial charge in [0.1, 0.15) is 35.6 Å². The highest BCUT2D eigenvalue weighted by molar-refractivity contribution is 5.99. The first kappa shape index (κ1) is 34.9. The standard InChI is InChI=1S/C40H41F3N8O3/c41-26-18-40(11-4-14-50(40)20-26)24-54-39-46-37-31(19-45-36(35(37)43)30-7-1-5-25-6-2-8-32(42)34(25)30)38(47-39)49-15-16-51(27(21-49)10-12-44)33(52)9-3-13-48-22-29-17-28(48)23-53-29/h1-3,5-9,19,26-29H,4,10-11,13-18,20-24H2/b9-3+/t26-,27+,28+,29+,40+/m1/s1. The smallest absolute Gasteiger partial charge is 0.319 e. The number of anilines is 1. The maximum Gasteiger partial charge on any atom is 0.319 e. The maximum absolute atomic E-state index is 16.9. The van der Waals surface area contributed by atoms with Crippen LogP contribution in [0.25, 0.3) is 32.9 Å². The van der Waals surface area contributed by atoms with Crippen molar-refractivity contribution in [2.24, 2.45) is 0 Å². The summed E-state index contributed by atoms with van der Waals surface area (Å²) in [7, 11) is 0. The van der Waals surface area contributed by atoms with Crippen LogP contribution in [-0.2, 0) is 9.53 Å². The van der Waals surface area contributed by atoms with Crippen LogP contribution >= 0.6 is 0 Å². The SMILES string of the molecule is N#CC[C@H]1CN(c2nc(OC[C@@]34CCCN3C[C@H](F)C4)nc3c(F)c(-c4cccc5cccc(F)c45)ncc23)CCN1C(=O)/C=C/CN1C[C@@H]2C[C@H]1CO2. The minimum atomic E-state index is -0.954. The quantitative estimate of drug-likeness (QED) is 0.217. The number of morpholine rings is 1. The summed E-state index contributed by atoms with van der Waals surface area (Å²) in [6, 6.07) is 11.9. The molecule has 5 saturated heterocycles. The highest BCUT2D eigenvalue weighted by Crippen LogP contribution is 2.41. The Labute approximate surface area is 311 Å². The number of aromatic nitrogens is 3. The van der Waals surface area contributed by atoms with E-state index in [4.69, 9.17) is 14.5 Å². The molecule has 0 radical (unpaired) electrons. The van der Waals surface area contributed by atoms with Gasteiger partial charge in [-0.2, -0.15) is 15.2 Å². The number of halogens is 3. The van der Waals surface area contributed by atoms with Crippen molar-refractivity contribution >= 4 is 33.4 Å². The summed E-state index contributed by atoms with van der Waals surface area (Å²) in [5.74, 6) is -1.07. The molecule has 5 fully saturated rings. The van der Waals surface area contributed by atoms with E-state index in [-0.39, 0.29) is 59.8 Å². The molecular formula is C40H41F3N8O3. The molecular weight excluding hydrogens is 697 g/mol. The van der Waals surface area contributed by atoms with Gasteiger partial charge in [0, 0.05) is 75.0 Å². The number of piperazine rings is 1. The van der Waals surface area contributed by atoms with Crippen molar-refractivity contribution in [3.05, 3.63) is 66.4 Å². The van der Waals surface area contributed by atoms with Crippen LogP contribution in [0.5, 0.6) is 6.01 Å². The zero-order chi connectivity index (χ0) is 37.0. The number of ether oxygens (including phenoxy) is 2. The molecule has 2 aromatic carbocycles. The Bertz CT molecular complexity index is 2180. The number of carbonyl (C=O) groups excluding carboxylic acids is 1. The molecule has 54 heavy (non-hydrogen) atoms. The summed E-state index contributed by atoms with van der Waals surface area (Å²) in [6.45, 7) is 4.43. The second kappa shape index (κ2) is 14.1. The lowest BCUT2D eigenvalue weighted by Gasteiger charge is -2.41. The van der Waals surface area contributed by atoms with Gasteiger partial charge in [0.05, 0.1) is 42.2 Å². The van der Waals surface area contributed by atoms with Crippen LogP contribution in [0.4, 0.5) is 19.0 Å². The van der Waals surface area contributed by atoms with E-state index >= 15 is 8.78 Å². The largest absolute Gasteiger partial charge is 0.461 e. The van der Waals surface area contributed by atoms with Gasteiger partial charge in [-0.1, -0.05) is 36.4 Å². The van der Waals surface area contributed by atoms with E-state index in [0.717, 1.165) is 39.0 Å². The molecule has 5 aliphatic heterocycles. The molecule has 9 rings (SSSR count). The number of hydrogen-bond donors (Lipinski definition) is 0. The van der Waals surface area contributed by atoms with E-state index in [9.17, 15) is 14.4 Å². The van der Waals surface area contributed by atoms with Crippen molar-refractivity contribution in [3.8, 4) is 23.3 Å². The zero-order valence-corrected chi connectivity index (χ0v) is 29.8. The van der Waals surface area contributed by atoms with E-state index in [0.29, 0.717) is 55.2 Å². The third kappa shape index (κ3) is 6.21. The first-order valence-electron chi connectivity index (χ1n) is 18.8. The van der Waals surface area contributed by atoms with Crippen molar-refractivity contribution in [1.82, 2.24) is 29.7 Å². The van der Waals surface area contributed by atoms with Crippen LogP contribution in [0.2, 0.25) is 0 Å². The third-order valence-corrected chi connectivity index (χ3v) is 12.0. The average molecular weight is 739 g/mol. The van der Waals surface area contributed by atoms with E-state index in [2.05, 4.69) is 25.8 Å². The predicted octanol–water partition coefficient (Wildman–Crippen LogP) is 5.04. The van der Waals surface area contributed by atoms with Crippen LogP contribution in [0, 0.1) is 23.0 Å². The summed E-state index contributed by atoms with van der Waals surface area (Å²) < 4.78 is 58.6. The lowest BCUT2D eigenvalue weighted by Crippen LogP contribution is -2.55. The Balaban J connectivity index is 1.04. The number of nitrogens with zero attached hydrogens (tertiary/aromatic N) is 8. The van der Waals surface area contributed by atoms with Gasteiger partial charge < -0.3 is 19.3 Å². The van der Waals surface area contributed by atoms with Crippen LogP contribution in [0.1, 0.15) is 32.1 Å². The predicted molar refractivity (Wildman–Crippen MR) is 196 cm³/mol. The van der Waals surface area contributed by atoms with Crippen molar-refractivity contribution in [2.45, 2.75) is 62.0 Å². The maximum atomic E-state index is 16.9. The molecule has 280 valence electrons. The average Bonchev–Trinajstić information content (AvgIpc) is 3.96. The third-order valence-electron chi connectivity index (χ3n) is 12.0. The highest BCUT2D eigenvalue weighted by atomic mass is 19.1. The Morgan fingerprint density at radius 1 is 1.11 bits per heavy atom. The van der Waals surface area contributed by atoms with Gasteiger partial charge in [-0.25, -0.2) is 13.2 Å². The van der Waals surface area contributed by atoms with E-state index < -0.39 is 29.4 Å². The van der Waals surface area contributed by atoms with E-state index in [1.807, 2.05) is 11.0 Å². The van der Waals surface area contributed by atoms with Crippen LogP contribution < -0.4 is 9.64 Å². The number of fused-ring (bicyclic) bond motifs is 5. The summed E-state index contributed by atoms with van der Waals surface area (Å²) in [5, 5.41) is 11.0. The summed E-state index contributed by atoms with van der Waals surface area (Å²) in [6.07, 6.45) is 7.44. The molecule has 4 aromatic rings. The lowest BCUT2D eigenvalue weighted by atomic mass is 9.95. The van der Waals surface area contributed by atoms with Crippen molar-refractivity contribution < 1.29 is 27.4 Å². The monoisotopic (exact) mass is 738 g/mol. The van der Waals surface area contributed by atoms with E-state index in [1.54, 1.807) is 41.3 Å². The second-order valence-electron chi connectivity index (χ2n) is 15.2. The molecule has 0 aliphatic carbocycles. The Hall–Kier alpha value is -4.84. The topological polar surface area (TPSA) is 111 Å². The van der Waals surface area contributed by atoms with Gasteiger partial charge in [0.15, 0.2) is 5.82 Å². The molecule has 0 saturated carbocycles. The molecule has 2 aromatic heterocycles. The summed E-state index contributed by atoms with van der Waals surface area (Å²) in [4.78, 5) is 35.4. The lowest BCUT2D eigenvalue weighted by molar-refractivity contribution is -0.128. The molecule has 0 spiro atoms. The van der Waals surface area contributed by atoms with Crippen LogP contribution in [-0.4, -0.2) is 124 Å². The fourth-order valence-electron chi connectivity index (χ4n) is 9.36. The van der Waals surface area contributed by atoms with Gasteiger partial charge in [0.25, 0.3) is 0 Å². The molecule has 2 bridgehead atoms. The number of rotatable bonds is 9. The first-order valence-corrected chi connectivity index (χ1v) is 18.8. The Morgan fingerprint density at radius 3 is 2.80 bits per heavy atom. The van der Waals surface area contributed by atoms with Gasteiger partial charge in [-0.15, -0.1) is 0 Å². The fourth-order valence-corrected chi connectivity index (χ4v) is 9.36. The molecule has 0 N–H and O–H groups in total. The minimum Gasteiger partial charge on any atom is -0.461 e. The second-order valence-corrected chi connectivity index (χ2v) is 15.2. The first-order chi connectivity index (χ1) is 26.3. The Morgan fingerprint density at radius 2 is 1.98 bits per heavy atom. The molecule has 0 unspecified atom stereocenters. The minimum absolute atomic E-state index is 0.0526. The molecule has 14 heteroatoms.